The van der Waals surface area contributed by atoms with E-state index >= 15 is 0 Å². The maximum absolute atomic E-state index is 11.9. The van der Waals surface area contributed by atoms with Crippen molar-refractivity contribution in [1.82, 2.24) is 10.6 Å². The number of rotatable bonds is 5. The lowest BCUT2D eigenvalue weighted by Gasteiger charge is -2.08. The van der Waals surface area contributed by atoms with E-state index in [4.69, 9.17) is 0 Å². The van der Waals surface area contributed by atoms with E-state index in [0.29, 0.717) is 12.1 Å². The van der Waals surface area contributed by atoms with Crippen molar-refractivity contribution >= 4 is 27.7 Å². The van der Waals surface area contributed by atoms with Crippen molar-refractivity contribution in [1.29, 1.82) is 0 Å². The number of hydrogen-bond acceptors (Lipinski definition) is 3. The highest BCUT2D eigenvalue weighted by molar-refractivity contribution is 9.10. The van der Waals surface area contributed by atoms with Gasteiger partial charge >= 0.3 is 0 Å². The lowest BCUT2D eigenvalue weighted by atomic mass is 10.2. The first-order chi connectivity index (χ1) is 10.6. The maximum Gasteiger partial charge on any atom is 0.255 e. The van der Waals surface area contributed by atoms with E-state index in [9.17, 15) is 14.7 Å². The van der Waals surface area contributed by atoms with Crippen LogP contribution in [0.25, 0.3) is 0 Å². The first-order valence-electron chi connectivity index (χ1n) is 6.68. The van der Waals surface area contributed by atoms with Gasteiger partial charge < -0.3 is 15.7 Å². The second-order valence-electron chi connectivity index (χ2n) is 4.54. The molecule has 0 aromatic heterocycles. The molecular formula is C16H15BrN2O3. The highest BCUT2D eigenvalue weighted by Gasteiger charge is 2.09. The maximum atomic E-state index is 11.9. The van der Waals surface area contributed by atoms with Crippen LogP contribution in [0.1, 0.15) is 20.7 Å². The number of aromatic hydroxyl groups is 1. The van der Waals surface area contributed by atoms with Crippen LogP contribution >= 0.6 is 15.9 Å². The molecule has 0 atom stereocenters. The highest BCUT2D eigenvalue weighted by Crippen LogP contribution is 2.14. The molecule has 0 heterocycles. The quantitative estimate of drug-likeness (QED) is 0.714. The van der Waals surface area contributed by atoms with Gasteiger partial charge in [-0.05, 0) is 30.3 Å². The fourth-order valence-corrected chi connectivity index (χ4v) is 2.24. The molecule has 0 radical (unpaired) electrons. The molecule has 3 N–H and O–H groups in total. The third-order valence-electron chi connectivity index (χ3n) is 2.93. The van der Waals surface area contributed by atoms with Crippen molar-refractivity contribution < 1.29 is 14.7 Å². The van der Waals surface area contributed by atoms with Crippen LogP contribution in [0.3, 0.4) is 0 Å². The number of amides is 2. The Morgan fingerprint density at radius 1 is 0.955 bits per heavy atom. The summed E-state index contributed by atoms with van der Waals surface area (Å²) in [7, 11) is 0. The molecule has 114 valence electrons. The minimum atomic E-state index is -0.380. The number of halogens is 1. The van der Waals surface area contributed by atoms with Crippen molar-refractivity contribution in [3.05, 3.63) is 64.1 Å². The van der Waals surface area contributed by atoms with Gasteiger partial charge in [0.05, 0.1) is 5.56 Å². The molecule has 0 aliphatic heterocycles. The van der Waals surface area contributed by atoms with Crippen molar-refractivity contribution in [3.8, 4) is 5.75 Å². The van der Waals surface area contributed by atoms with Gasteiger partial charge in [0.25, 0.3) is 11.8 Å². The Balaban J connectivity index is 1.79. The second-order valence-corrected chi connectivity index (χ2v) is 5.45. The smallest absolute Gasteiger partial charge is 0.255 e. The first kappa shape index (κ1) is 16.0. The van der Waals surface area contributed by atoms with E-state index in [2.05, 4.69) is 26.6 Å². The number of benzene rings is 2. The van der Waals surface area contributed by atoms with E-state index in [0.717, 1.165) is 4.47 Å². The zero-order chi connectivity index (χ0) is 15.9. The Hall–Kier alpha value is -2.34. The van der Waals surface area contributed by atoms with Gasteiger partial charge in [-0.2, -0.15) is 0 Å². The van der Waals surface area contributed by atoms with Crippen molar-refractivity contribution in [2.75, 3.05) is 13.1 Å². The monoisotopic (exact) mass is 362 g/mol. The Bertz CT molecular complexity index is 689. The Morgan fingerprint density at radius 3 is 2.32 bits per heavy atom. The van der Waals surface area contributed by atoms with E-state index in [-0.39, 0.29) is 29.7 Å². The number of carbonyl (C=O) groups is 2. The predicted octanol–water partition coefficient (Wildman–Crippen LogP) is 2.31. The molecule has 2 rings (SSSR count). The second kappa shape index (κ2) is 7.61. The molecule has 2 amide bonds. The van der Waals surface area contributed by atoms with Crippen molar-refractivity contribution in [2.24, 2.45) is 0 Å². The van der Waals surface area contributed by atoms with Crippen LogP contribution in [0.5, 0.6) is 5.75 Å². The molecule has 2 aromatic rings. The number of hydrogen-bond donors (Lipinski definition) is 3. The van der Waals surface area contributed by atoms with Gasteiger partial charge in [0.15, 0.2) is 0 Å². The number of para-hydroxylation sites is 1. The fraction of sp³-hybridized carbons (Fsp3) is 0.125. The highest BCUT2D eigenvalue weighted by atomic mass is 79.9. The minimum Gasteiger partial charge on any atom is -0.507 e. The van der Waals surface area contributed by atoms with Gasteiger partial charge in [-0.15, -0.1) is 0 Å². The van der Waals surface area contributed by atoms with E-state index in [1.54, 1.807) is 30.3 Å². The molecule has 2 aromatic carbocycles. The first-order valence-corrected chi connectivity index (χ1v) is 7.47. The summed E-state index contributed by atoms with van der Waals surface area (Å²) in [6.45, 7) is 0.567. The normalized spacial score (nSPS) is 10.0. The summed E-state index contributed by atoms with van der Waals surface area (Å²) in [6.07, 6.45) is 0. The summed E-state index contributed by atoms with van der Waals surface area (Å²) in [5.74, 6) is -0.661. The summed E-state index contributed by atoms with van der Waals surface area (Å²) in [6, 6.07) is 13.3. The van der Waals surface area contributed by atoms with Crippen molar-refractivity contribution in [3.63, 3.8) is 0 Å². The molecule has 6 heteroatoms. The fourth-order valence-electron chi connectivity index (χ4n) is 1.84. The van der Waals surface area contributed by atoms with Gasteiger partial charge in [-0.1, -0.05) is 34.1 Å². The molecule has 0 saturated carbocycles. The van der Waals surface area contributed by atoms with E-state index in [1.165, 1.54) is 12.1 Å². The molecule has 5 nitrogen and oxygen atoms in total. The number of phenolic OH excluding ortho intramolecular Hbond substituents is 1. The van der Waals surface area contributed by atoms with E-state index in [1.807, 2.05) is 6.07 Å². The zero-order valence-electron chi connectivity index (χ0n) is 11.7. The third-order valence-corrected chi connectivity index (χ3v) is 3.42. The van der Waals surface area contributed by atoms with Crippen LogP contribution in [-0.4, -0.2) is 30.0 Å². The standard InChI is InChI=1S/C16H15BrN2O3/c17-12-5-3-4-11(10-12)15(21)18-8-9-19-16(22)13-6-1-2-7-14(13)20/h1-7,10,20H,8-9H2,(H,18,21)(H,19,22). The van der Waals surface area contributed by atoms with Gasteiger partial charge in [0.1, 0.15) is 5.75 Å². The van der Waals surface area contributed by atoms with Gasteiger partial charge in [-0.25, -0.2) is 0 Å². The van der Waals surface area contributed by atoms with E-state index < -0.39 is 0 Å². The summed E-state index contributed by atoms with van der Waals surface area (Å²) in [5.41, 5.74) is 0.752. The molecule has 0 aliphatic carbocycles. The number of nitrogens with one attached hydrogen (secondary N) is 2. The summed E-state index contributed by atoms with van der Waals surface area (Å²) in [4.78, 5) is 23.7. The van der Waals surface area contributed by atoms with Crippen LogP contribution < -0.4 is 10.6 Å². The average Bonchev–Trinajstić information content (AvgIpc) is 2.51. The van der Waals surface area contributed by atoms with Crippen molar-refractivity contribution in [2.45, 2.75) is 0 Å². The molecule has 22 heavy (non-hydrogen) atoms. The molecule has 0 unspecified atom stereocenters. The van der Waals surface area contributed by atoms with Gasteiger partial charge in [-0.3, -0.25) is 9.59 Å². The van der Waals surface area contributed by atoms with Crippen LogP contribution in [0.15, 0.2) is 53.0 Å². The summed E-state index contributed by atoms with van der Waals surface area (Å²) >= 11 is 3.30. The molecule has 0 bridgehead atoms. The summed E-state index contributed by atoms with van der Waals surface area (Å²) < 4.78 is 0.827. The largest absolute Gasteiger partial charge is 0.507 e. The Morgan fingerprint density at radius 2 is 1.64 bits per heavy atom. The Kier molecular flexibility index (Phi) is 5.55. The Labute approximate surface area is 136 Å². The molecule has 0 spiro atoms. The topological polar surface area (TPSA) is 78.4 Å². The predicted molar refractivity (Wildman–Crippen MR) is 86.9 cm³/mol. The number of phenols is 1. The lowest BCUT2D eigenvalue weighted by molar-refractivity contribution is 0.0926. The van der Waals surface area contributed by atoms with Crippen LogP contribution in [0.2, 0.25) is 0 Å². The molecule has 0 fully saturated rings. The number of carbonyl (C=O) groups excluding carboxylic acids is 2. The summed E-state index contributed by atoms with van der Waals surface area (Å²) in [5, 5.41) is 14.9. The van der Waals surface area contributed by atoms with Gasteiger partial charge in [0.2, 0.25) is 0 Å². The molecule has 0 saturated heterocycles. The SMILES string of the molecule is O=C(NCCNC(=O)c1ccccc1O)c1cccc(Br)c1. The van der Waals surface area contributed by atoms with Crippen LogP contribution in [0, 0.1) is 0 Å². The zero-order valence-corrected chi connectivity index (χ0v) is 13.3. The van der Waals surface area contributed by atoms with Crippen LogP contribution in [-0.2, 0) is 0 Å². The third kappa shape index (κ3) is 4.33. The minimum absolute atomic E-state index is 0.0711. The van der Waals surface area contributed by atoms with Crippen LogP contribution in [0.4, 0.5) is 0 Å². The lowest BCUT2D eigenvalue weighted by Crippen LogP contribution is -2.34. The molecular weight excluding hydrogens is 348 g/mol. The average molecular weight is 363 g/mol. The molecule has 0 aliphatic rings. The van der Waals surface area contributed by atoms with Gasteiger partial charge in [0, 0.05) is 23.1 Å².